The highest BCUT2D eigenvalue weighted by atomic mass is 15.0. The Morgan fingerprint density at radius 3 is 1.10 bits per heavy atom. The molecule has 9 aromatic carbocycles. The molecular weight excluding hydrogens is 829 g/mol. The lowest BCUT2D eigenvalue weighted by atomic mass is 10.0. The molecule has 0 N–H and O–H groups in total. The van der Waals surface area contributed by atoms with Gasteiger partial charge in [-0.1, -0.05) is 176 Å². The summed E-state index contributed by atoms with van der Waals surface area (Å²) >= 11 is 0. The molecule has 0 radical (unpaired) electrons. The molecule has 0 saturated heterocycles. The number of hydrogen-bond donors (Lipinski definition) is 0. The molecule has 0 unspecified atom stereocenters. The van der Waals surface area contributed by atoms with Crippen LogP contribution in [0.4, 0.5) is 0 Å². The van der Waals surface area contributed by atoms with Gasteiger partial charge in [-0.25, -0.2) is 19.9 Å². The topological polar surface area (TPSA) is 61.4 Å². The minimum atomic E-state index is 0.595. The summed E-state index contributed by atoms with van der Waals surface area (Å²) in [6, 6.07) is 84.9. The van der Waals surface area contributed by atoms with Crippen LogP contribution in [-0.2, 0) is 0 Å². The van der Waals surface area contributed by atoms with E-state index < -0.39 is 0 Å². The second-order valence-corrected chi connectivity index (χ2v) is 17.0. The highest BCUT2D eigenvalue weighted by molar-refractivity contribution is 6.12. The minimum absolute atomic E-state index is 0.595. The molecular formula is C62H40N6. The van der Waals surface area contributed by atoms with Crippen LogP contribution in [0, 0.1) is 0 Å². The van der Waals surface area contributed by atoms with Crippen molar-refractivity contribution in [2.45, 2.75) is 0 Å². The monoisotopic (exact) mass is 868 g/mol. The molecule has 6 heteroatoms. The van der Waals surface area contributed by atoms with Gasteiger partial charge in [0.25, 0.3) is 0 Å². The Labute approximate surface area is 392 Å². The number of para-hydroxylation sites is 3. The average molecular weight is 869 g/mol. The van der Waals surface area contributed by atoms with E-state index in [4.69, 9.17) is 19.9 Å². The van der Waals surface area contributed by atoms with Crippen molar-refractivity contribution in [3.8, 4) is 79.2 Å². The maximum Gasteiger partial charge on any atom is 0.162 e. The van der Waals surface area contributed by atoms with E-state index in [2.05, 4.69) is 203 Å². The number of hydrogen-bond acceptors (Lipinski definition) is 4. The third-order valence-electron chi connectivity index (χ3n) is 13.0. The van der Waals surface area contributed by atoms with Crippen molar-refractivity contribution in [3.63, 3.8) is 0 Å². The van der Waals surface area contributed by atoms with E-state index in [1.165, 1.54) is 21.8 Å². The molecule has 13 rings (SSSR count). The molecule has 0 atom stereocenters. The zero-order valence-electron chi connectivity index (χ0n) is 36.8. The first kappa shape index (κ1) is 39.1. The minimum Gasteiger partial charge on any atom is -0.309 e. The molecule has 0 bridgehead atoms. The van der Waals surface area contributed by atoms with Gasteiger partial charge in [-0.3, -0.25) is 0 Å². The van der Waals surface area contributed by atoms with Crippen LogP contribution in [0.25, 0.3) is 123 Å². The van der Waals surface area contributed by atoms with Crippen molar-refractivity contribution in [2.75, 3.05) is 0 Å². The van der Waals surface area contributed by atoms with Gasteiger partial charge in [-0.05, 0) is 66.7 Å². The molecule has 0 amide bonds. The SMILES string of the molecule is c1ccc(-c2cc(-c3ccccc3)nc(-c3ccc(-n4c5ccccc5c5cc(-n6c7ccccc7c7ccccc76)ccc54)c(-c4nc(-c5ccccc5)cc(-c5ccccc5)n4)c3)n2)cc1. The van der Waals surface area contributed by atoms with Crippen LogP contribution in [0.5, 0.6) is 0 Å². The molecule has 0 spiro atoms. The summed E-state index contributed by atoms with van der Waals surface area (Å²) in [4.78, 5) is 21.4. The van der Waals surface area contributed by atoms with Crippen molar-refractivity contribution >= 4 is 43.6 Å². The van der Waals surface area contributed by atoms with Gasteiger partial charge in [-0.2, -0.15) is 0 Å². The fourth-order valence-electron chi connectivity index (χ4n) is 9.78. The Hall–Kier alpha value is -9.26. The first-order chi connectivity index (χ1) is 33.7. The zero-order valence-corrected chi connectivity index (χ0v) is 36.8. The molecule has 0 aliphatic carbocycles. The highest BCUT2D eigenvalue weighted by Gasteiger charge is 2.22. The lowest BCUT2D eigenvalue weighted by molar-refractivity contribution is 1.13. The summed E-state index contributed by atoms with van der Waals surface area (Å²) < 4.78 is 4.76. The van der Waals surface area contributed by atoms with E-state index in [0.717, 1.165) is 89.3 Å². The van der Waals surface area contributed by atoms with Gasteiger partial charge in [0.05, 0.1) is 50.5 Å². The van der Waals surface area contributed by atoms with E-state index in [9.17, 15) is 0 Å². The zero-order chi connectivity index (χ0) is 45.0. The maximum absolute atomic E-state index is 5.43. The Morgan fingerprint density at radius 1 is 0.250 bits per heavy atom. The number of fused-ring (bicyclic) bond motifs is 6. The number of nitrogens with zero attached hydrogens (tertiary/aromatic N) is 6. The summed E-state index contributed by atoms with van der Waals surface area (Å²) in [6.07, 6.45) is 0. The molecule has 0 aliphatic rings. The van der Waals surface area contributed by atoms with Crippen LogP contribution < -0.4 is 0 Å². The quantitative estimate of drug-likeness (QED) is 0.153. The summed E-state index contributed by atoms with van der Waals surface area (Å²) in [6.45, 7) is 0. The van der Waals surface area contributed by atoms with Gasteiger partial charge in [0.15, 0.2) is 11.6 Å². The van der Waals surface area contributed by atoms with E-state index in [1.54, 1.807) is 0 Å². The van der Waals surface area contributed by atoms with E-state index in [0.29, 0.717) is 11.6 Å². The summed E-state index contributed by atoms with van der Waals surface area (Å²) in [5.41, 5.74) is 15.6. The predicted octanol–water partition coefficient (Wildman–Crippen LogP) is 15.5. The first-order valence-corrected chi connectivity index (χ1v) is 22.9. The highest BCUT2D eigenvalue weighted by Crippen LogP contribution is 2.41. The van der Waals surface area contributed by atoms with Crippen molar-refractivity contribution in [3.05, 3.63) is 243 Å². The van der Waals surface area contributed by atoms with Crippen LogP contribution in [0.1, 0.15) is 0 Å². The van der Waals surface area contributed by atoms with E-state index >= 15 is 0 Å². The van der Waals surface area contributed by atoms with Crippen LogP contribution in [0.2, 0.25) is 0 Å². The van der Waals surface area contributed by atoms with Crippen LogP contribution in [0.15, 0.2) is 243 Å². The molecule has 318 valence electrons. The van der Waals surface area contributed by atoms with Gasteiger partial charge in [-0.15, -0.1) is 0 Å². The third kappa shape index (κ3) is 6.74. The number of aromatic nitrogens is 6. The molecule has 4 aromatic heterocycles. The standard InChI is InChI=1S/C62H40N6/c1-5-19-41(20-6-1)52-39-53(42-21-7-2-8-22-42)64-61(63-52)45-33-35-60(51(37-45)62-65-54(43-23-9-3-10-24-43)40-55(66-62)44-25-11-4-12-26-44)68-58-32-18-15-29-49(58)50-38-46(34-36-59(50)68)67-56-30-16-13-27-47(56)48-28-14-17-31-57(48)67/h1-40H. The van der Waals surface area contributed by atoms with Crippen molar-refractivity contribution < 1.29 is 0 Å². The Balaban J connectivity index is 1.08. The lowest BCUT2D eigenvalue weighted by Gasteiger charge is -2.17. The maximum atomic E-state index is 5.43. The smallest absolute Gasteiger partial charge is 0.162 e. The number of rotatable bonds is 8. The lowest BCUT2D eigenvalue weighted by Crippen LogP contribution is -2.03. The van der Waals surface area contributed by atoms with Gasteiger partial charge in [0, 0.05) is 60.6 Å². The van der Waals surface area contributed by atoms with Crippen molar-refractivity contribution in [2.24, 2.45) is 0 Å². The van der Waals surface area contributed by atoms with Gasteiger partial charge < -0.3 is 9.13 Å². The second-order valence-electron chi connectivity index (χ2n) is 17.0. The molecule has 6 nitrogen and oxygen atoms in total. The largest absolute Gasteiger partial charge is 0.309 e. The van der Waals surface area contributed by atoms with E-state index in [1.807, 2.05) is 48.5 Å². The molecule has 4 heterocycles. The predicted molar refractivity (Wildman–Crippen MR) is 279 cm³/mol. The Bertz CT molecular complexity index is 3840. The van der Waals surface area contributed by atoms with Crippen molar-refractivity contribution in [1.82, 2.24) is 29.1 Å². The Kier molecular flexibility index (Phi) is 9.39. The van der Waals surface area contributed by atoms with E-state index in [-0.39, 0.29) is 0 Å². The van der Waals surface area contributed by atoms with Crippen LogP contribution >= 0.6 is 0 Å². The summed E-state index contributed by atoms with van der Waals surface area (Å²) in [7, 11) is 0. The Morgan fingerprint density at radius 2 is 0.632 bits per heavy atom. The fraction of sp³-hybridized carbons (Fsp3) is 0. The van der Waals surface area contributed by atoms with Crippen LogP contribution in [0.3, 0.4) is 0 Å². The summed E-state index contributed by atoms with van der Waals surface area (Å²) in [5, 5.41) is 4.76. The van der Waals surface area contributed by atoms with Gasteiger partial charge in [0.1, 0.15) is 0 Å². The van der Waals surface area contributed by atoms with Gasteiger partial charge in [0.2, 0.25) is 0 Å². The third-order valence-corrected chi connectivity index (χ3v) is 13.0. The average Bonchev–Trinajstić information content (AvgIpc) is 3.94. The van der Waals surface area contributed by atoms with Crippen LogP contribution in [-0.4, -0.2) is 29.1 Å². The molecule has 13 aromatic rings. The molecule has 0 saturated carbocycles. The molecule has 68 heavy (non-hydrogen) atoms. The van der Waals surface area contributed by atoms with Crippen molar-refractivity contribution in [1.29, 1.82) is 0 Å². The second kappa shape index (κ2) is 16.3. The molecule has 0 fully saturated rings. The normalized spacial score (nSPS) is 11.5. The fourth-order valence-corrected chi connectivity index (χ4v) is 9.78. The molecule has 0 aliphatic heterocycles. The number of benzene rings is 9. The first-order valence-electron chi connectivity index (χ1n) is 22.9. The summed E-state index contributed by atoms with van der Waals surface area (Å²) in [5.74, 6) is 1.20. The van der Waals surface area contributed by atoms with Gasteiger partial charge >= 0.3 is 0 Å².